The van der Waals surface area contributed by atoms with Gasteiger partial charge in [-0.15, -0.1) is 0 Å². The summed E-state index contributed by atoms with van der Waals surface area (Å²) < 4.78 is 49.2. The Morgan fingerprint density at radius 1 is 1.22 bits per heavy atom. The first kappa shape index (κ1) is 18.8. The first-order chi connectivity index (χ1) is 12.6. The van der Waals surface area contributed by atoms with Crippen LogP contribution in [0.5, 0.6) is 5.19 Å². The van der Waals surface area contributed by atoms with Crippen LogP contribution in [-0.2, 0) is 6.18 Å². The van der Waals surface area contributed by atoms with E-state index >= 15 is 0 Å². The van der Waals surface area contributed by atoms with Gasteiger partial charge in [-0.1, -0.05) is 23.5 Å². The zero-order chi connectivity index (χ0) is 19.8. The topological polar surface area (TPSA) is 82.3 Å². The van der Waals surface area contributed by atoms with E-state index in [1.165, 1.54) is 31.4 Å². The van der Waals surface area contributed by atoms with Crippen molar-refractivity contribution in [3.8, 4) is 16.5 Å². The highest BCUT2D eigenvalue weighted by Crippen LogP contribution is 2.34. The van der Waals surface area contributed by atoms with Crippen molar-refractivity contribution in [3.05, 3.63) is 52.5 Å². The summed E-state index contributed by atoms with van der Waals surface area (Å²) in [6.45, 7) is 2.76. The molecule has 27 heavy (non-hydrogen) atoms. The van der Waals surface area contributed by atoms with E-state index in [2.05, 4.69) is 9.97 Å². The molecular weight excluding hydrogens is 385 g/mol. The lowest BCUT2D eigenvalue weighted by Gasteiger charge is -2.07. The molecule has 0 amide bonds. The third kappa shape index (κ3) is 4.05. The van der Waals surface area contributed by atoms with Crippen LogP contribution in [0.2, 0.25) is 0 Å². The number of ether oxygens (including phenoxy) is 1. The molecule has 0 saturated heterocycles. The Morgan fingerprint density at radius 2 is 1.96 bits per heavy atom. The quantitative estimate of drug-likeness (QED) is 0.475. The van der Waals surface area contributed by atoms with Crippen molar-refractivity contribution in [1.82, 2.24) is 9.97 Å². The molecule has 6 nitrogen and oxygen atoms in total. The molecule has 3 aromatic rings. The zero-order valence-corrected chi connectivity index (χ0v) is 14.8. The van der Waals surface area contributed by atoms with E-state index < -0.39 is 17.7 Å². The third-order valence-electron chi connectivity index (χ3n) is 3.40. The number of ketones is 1. The Kier molecular flexibility index (Phi) is 4.83. The normalized spacial score (nSPS) is 11.4. The number of esters is 1. The van der Waals surface area contributed by atoms with Crippen molar-refractivity contribution in [1.29, 1.82) is 0 Å². The molecule has 0 unspecified atom stereocenters. The third-order valence-corrected chi connectivity index (χ3v) is 4.12. The number of Topliss-reactive ketones (excluding diaryl/α,β-unsaturated/α-hetero) is 1. The Bertz CT molecular complexity index is 1020. The smallest absolute Gasteiger partial charge is 0.416 e. The fraction of sp³-hybridized carbons (Fsp3) is 0.176. The molecule has 2 aromatic heterocycles. The van der Waals surface area contributed by atoms with Crippen molar-refractivity contribution in [2.75, 3.05) is 0 Å². The molecule has 0 fully saturated rings. The summed E-state index contributed by atoms with van der Waals surface area (Å²) in [4.78, 5) is 31.4. The summed E-state index contributed by atoms with van der Waals surface area (Å²) in [5, 5.41) is 1.34. The predicted octanol–water partition coefficient (Wildman–Crippen LogP) is 4.55. The summed E-state index contributed by atoms with van der Waals surface area (Å²) in [5.41, 5.74) is -1.01. The molecule has 140 valence electrons. The van der Waals surface area contributed by atoms with Crippen LogP contribution in [0.1, 0.15) is 39.4 Å². The van der Waals surface area contributed by atoms with E-state index in [0.29, 0.717) is 0 Å². The molecule has 3 rings (SSSR count). The number of aryl methyl sites for hydroxylation is 1. The molecule has 0 spiro atoms. The molecule has 1 aromatic carbocycles. The van der Waals surface area contributed by atoms with Gasteiger partial charge < -0.3 is 9.15 Å². The van der Waals surface area contributed by atoms with Crippen molar-refractivity contribution >= 4 is 23.1 Å². The number of hydrogen-bond donors (Lipinski definition) is 0. The Balaban J connectivity index is 1.94. The van der Waals surface area contributed by atoms with Crippen LogP contribution in [0.25, 0.3) is 11.3 Å². The molecule has 0 aliphatic carbocycles. The maximum absolute atomic E-state index is 12.9. The summed E-state index contributed by atoms with van der Waals surface area (Å²) in [6, 6.07) is 4.33. The number of aromatic nitrogens is 2. The Morgan fingerprint density at radius 3 is 2.59 bits per heavy atom. The maximum Gasteiger partial charge on any atom is 0.416 e. The van der Waals surface area contributed by atoms with E-state index in [1.54, 1.807) is 0 Å². The molecule has 0 radical (unpaired) electrons. The van der Waals surface area contributed by atoms with Crippen LogP contribution in [0.3, 0.4) is 0 Å². The summed E-state index contributed by atoms with van der Waals surface area (Å²) >= 11 is 0.933. The maximum atomic E-state index is 12.9. The fourth-order valence-corrected chi connectivity index (χ4v) is 2.90. The number of benzene rings is 1. The van der Waals surface area contributed by atoms with Gasteiger partial charge in [0.05, 0.1) is 5.56 Å². The number of thiazole rings is 1. The van der Waals surface area contributed by atoms with Gasteiger partial charge >= 0.3 is 12.1 Å². The first-order valence-electron chi connectivity index (χ1n) is 7.49. The van der Waals surface area contributed by atoms with Crippen LogP contribution in [0.15, 0.2) is 34.1 Å². The van der Waals surface area contributed by atoms with E-state index in [1.807, 2.05) is 0 Å². The molecule has 2 heterocycles. The number of rotatable bonds is 4. The first-order valence-corrected chi connectivity index (χ1v) is 8.37. The predicted molar refractivity (Wildman–Crippen MR) is 88.8 cm³/mol. The van der Waals surface area contributed by atoms with Gasteiger partial charge in [-0.05, 0) is 12.1 Å². The van der Waals surface area contributed by atoms with Gasteiger partial charge in [0, 0.05) is 24.8 Å². The standard InChI is InChI=1S/C17H11F3N2O4S/c1-8(23)12-7-27-16(22-12)26-15(24)13-14(25-9(2)21-13)10-4-3-5-11(6-10)17(18,19)20/h3-7H,1-2H3. The van der Waals surface area contributed by atoms with Gasteiger partial charge in [-0.25, -0.2) is 9.78 Å². The summed E-state index contributed by atoms with van der Waals surface area (Å²) in [5.74, 6) is -1.32. The zero-order valence-electron chi connectivity index (χ0n) is 14.0. The number of hydrogen-bond acceptors (Lipinski definition) is 7. The molecule has 0 bridgehead atoms. The van der Waals surface area contributed by atoms with Gasteiger partial charge in [0.25, 0.3) is 5.19 Å². The highest BCUT2D eigenvalue weighted by atomic mass is 32.1. The Hall–Kier alpha value is -3.01. The second kappa shape index (κ2) is 6.95. The summed E-state index contributed by atoms with van der Waals surface area (Å²) in [7, 11) is 0. The van der Waals surface area contributed by atoms with Gasteiger partial charge in [0.2, 0.25) is 0 Å². The number of carbonyl (C=O) groups is 2. The lowest BCUT2D eigenvalue weighted by molar-refractivity contribution is -0.137. The van der Waals surface area contributed by atoms with Crippen LogP contribution in [0.4, 0.5) is 13.2 Å². The van der Waals surface area contributed by atoms with Crippen LogP contribution in [0, 0.1) is 6.92 Å². The molecule has 0 aliphatic heterocycles. The molecular formula is C17H11F3N2O4S. The van der Waals surface area contributed by atoms with Crippen molar-refractivity contribution in [3.63, 3.8) is 0 Å². The highest BCUT2D eigenvalue weighted by Gasteiger charge is 2.31. The van der Waals surface area contributed by atoms with E-state index in [-0.39, 0.29) is 39.6 Å². The van der Waals surface area contributed by atoms with Gasteiger partial charge in [0.1, 0.15) is 5.69 Å². The minimum absolute atomic E-state index is 0.0286. The number of halogens is 3. The second-order valence-electron chi connectivity index (χ2n) is 5.43. The lowest BCUT2D eigenvalue weighted by atomic mass is 10.1. The largest absolute Gasteiger partial charge is 0.440 e. The minimum Gasteiger partial charge on any atom is -0.440 e. The van der Waals surface area contributed by atoms with E-state index in [9.17, 15) is 22.8 Å². The van der Waals surface area contributed by atoms with Crippen LogP contribution < -0.4 is 4.74 Å². The average molecular weight is 396 g/mol. The number of alkyl halides is 3. The average Bonchev–Trinajstić information content (AvgIpc) is 3.21. The molecule has 0 aliphatic rings. The Labute approximate surface area is 154 Å². The number of nitrogens with zero attached hydrogens (tertiary/aromatic N) is 2. The van der Waals surface area contributed by atoms with Crippen LogP contribution >= 0.6 is 11.3 Å². The molecule has 10 heteroatoms. The van der Waals surface area contributed by atoms with Crippen molar-refractivity contribution in [2.24, 2.45) is 0 Å². The molecule has 0 atom stereocenters. The SMILES string of the molecule is CC(=O)c1csc(OC(=O)c2nc(C)oc2-c2cccc(C(F)(F)F)c2)n1. The minimum atomic E-state index is -4.55. The number of carbonyl (C=O) groups excluding carboxylic acids is 2. The lowest BCUT2D eigenvalue weighted by Crippen LogP contribution is -2.11. The van der Waals surface area contributed by atoms with E-state index in [4.69, 9.17) is 9.15 Å². The summed E-state index contributed by atoms with van der Waals surface area (Å²) in [6.07, 6.45) is -4.55. The van der Waals surface area contributed by atoms with E-state index in [0.717, 1.165) is 23.5 Å². The van der Waals surface area contributed by atoms with Crippen LogP contribution in [-0.4, -0.2) is 21.7 Å². The van der Waals surface area contributed by atoms with Gasteiger partial charge in [0.15, 0.2) is 23.1 Å². The molecule has 0 N–H and O–H groups in total. The monoisotopic (exact) mass is 396 g/mol. The number of oxazole rings is 1. The van der Waals surface area contributed by atoms with Gasteiger partial charge in [-0.3, -0.25) is 4.79 Å². The van der Waals surface area contributed by atoms with Gasteiger partial charge in [-0.2, -0.15) is 18.2 Å². The highest BCUT2D eigenvalue weighted by molar-refractivity contribution is 7.11. The second-order valence-corrected chi connectivity index (χ2v) is 6.25. The fourth-order valence-electron chi connectivity index (χ4n) is 2.19. The molecule has 0 saturated carbocycles. The van der Waals surface area contributed by atoms with Crippen molar-refractivity contribution in [2.45, 2.75) is 20.0 Å². The van der Waals surface area contributed by atoms with Crippen molar-refractivity contribution < 1.29 is 31.9 Å².